The van der Waals surface area contributed by atoms with Crippen LogP contribution in [0.5, 0.6) is 5.75 Å². The molecule has 1 nitrogen and oxygen atoms in total. The fraction of sp³-hybridized carbons (Fsp3) is 0. The summed E-state index contributed by atoms with van der Waals surface area (Å²) in [7, 11) is 0. The number of benzene rings is 2. The van der Waals surface area contributed by atoms with Crippen LogP contribution in [-0.2, 0) is 17.1 Å². The van der Waals surface area contributed by atoms with E-state index in [4.69, 9.17) is 0 Å². The topological polar surface area (TPSA) is 20.2 Å². The Morgan fingerprint density at radius 1 is 0.867 bits per heavy atom. The van der Waals surface area contributed by atoms with Crippen LogP contribution in [0.25, 0.3) is 11.1 Å². The van der Waals surface area contributed by atoms with Crippen molar-refractivity contribution in [2.24, 2.45) is 0 Å². The number of rotatable bonds is 1. The molecule has 0 saturated carbocycles. The third-order valence-electron chi connectivity index (χ3n) is 2.20. The Bertz CT molecular complexity index is 438. The van der Waals surface area contributed by atoms with Crippen LogP contribution in [-0.4, -0.2) is 5.11 Å². The van der Waals surface area contributed by atoms with Crippen molar-refractivity contribution < 1.29 is 22.2 Å². The molecule has 0 radical (unpaired) electrons. The summed E-state index contributed by atoms with van der Waals surface area (Å²) in [6.45, 7) is 3.76. The molecule has 0 amide bonds. The van der Waals surface area contributed by atoms with Gasteiger partial charge in [0.15, 0.2) is 0 Å². The van der Waals surface area contributed by atoms with Crippen LogP contribution in [0, 0.1) is 6.92 Å². The van der Waals surface area contributed by atoms with Gasteiger partial charge in [-0.3, -0.25) is 0 Å². The van der Waals surface area contributed by atoms with Crippen molar-refractivity contribution in [1.29, 1.82) is 0 Å². The van der Waals surface area contributed by atoms with E-state index in [1.54, 1.807) is 6.07 Å². The normalized spacial score (nSPS) is 9.33. The average molecular weight is 247 g/mol. The van der Waals surface area contributed by atoms with Crippen LogP contribution in [0.4, 0.5) is 0 Å². The molecule has 2 rings (SSSR count). The minimum atomic E-state index is 0. The third-order valence-corrected chi connectivity index (χ3v) is 2.20. The summed E-state index contributed by atoms with van der Waals surface area (Å²) in [6, 6.07) is 15.4. The molecule has 0 aliphatic rings. The van der Waals surface area contributed by atoms with E-state index in [1.807, 2.05) is 42.5 Å². The van der Waals surface area contributed by atoms with Crippen molar-refractivity contribution in [1.82, 2.24) is 0 Å². The summed E-state index contributed by atoms with van der Waals surface area (Å²) in [5, 5.41) is 9.79. The molecule has 0 unspecified atom stereocenters. The zero-order chi connectivity index (χ0) is 9.97. The Balaban J connectivity index is 0.00000112. The molecule has 0 aliphatic heterocycles. The first-order chi connectivity index (χ1) is 6.79. The zero-order valence-electron chi connectivity index (χ0n) is 8.07. The Kier molecular flexibility index (Phi) is 3.84. The van der Waals surface area contributed by atoms with Crippen LogP contribution >= 0.6 is 0 Å². The molecular formula is C13H11CuO. The van der Waals surface area contributed by atoms with Crippen molar-refractivity contribution in [2.45, 2.75) is 0 Å². The molecule has 0 aromatic heterocycles. The van der Waals surface area contributed by atoms with E-state index in [0.717, 1.165) is 11.1 Å². The van der Waals surface area contributed by atoms with Crippen LogP contribution in [0.3, 0.4) is 0 Å². The summed E-state index contributed by atoms with van der Waals surface area (Å²) >= 11 is 0. The van der Waals surface area contributed by atoms with Crippen molar-refractivity contribution in [2.75, 3.05) is 0 Å². The predicted molar refractivity (Wildman–Crippen MR) is 58.0 cm³/mol. The van der Waals surface area contributed by atoms with Gasteiger partial charge in [0.1, 0.15) is 0 Å². The van der Waals surface area contributed by atoms with E-state index >= 15 is 0 Å². The van der Waals surface area contributed by atoms with Crippen molar-refractivity contribution in [3.63, 3.8) is 0 Å². The second-order valence-electron chi connectivity index (χ2n) is 3.18. The summed E-state index contributed by atoms with van der Waals surface area (Å²) in [6.07, 6.45) is 0. The van der Waals surface area contributed by atoms with E-state index in [0.29, 0.717) is 5.56 Å². The third kappa shape index (κ3) is 2.35. The smallest absolute Gasteiger partial charge is 0.565 e. The standard InChI is InChI=1S/C13H11O.Cu/c1-10-6-5-9-12(13(10)14)11-7-3-2-4-8-11;/h2-9,14H,1H2;/q-1;+1. The van der Waals surface area contributed by atoms with Crippen molar-refractivity contribution in [3.8, 4) is 16.9 Å². The Morgan fingerprint density at radius 3 is 2.20 bits per heavy atom. The maximum atomic E-state index is 9.79. The summed E-state index contributed by atoms with van der Waals surface area (Å²) in [5.41, 5.74) is 2.50. The van der Waals surface area contributed by atoms with Gasteiger partial charge < -0.3 is 5.11 Å². The van der Waals surface area contributed by atoms with Crippen LogP contribution in [0.2, 0.25) is 0 Å². The molecule has 15 heavy (non-hydrogen) atoms. The summed E-state index contributed by atoms with van der Waals surface area (Å²) < 4.78 is 0. The first-order valence-electron chi connectivity index (χ1n) is 4.48. The van der Waals surface area contributed by atoms with Gasteiger partial charge in [-0.1, -0.05) is 36.4 Å². The van der Waals surface area contributed by atoms with Crippen LogP contribution in [0.15, 0.2) is 48.5 Å². The van der Waals surface area contributed by atoms with Gasteiger partial charge in [0, 0.05) is 5.75 Å². The fourth-order valence-electron chi connectivity index (χ4n) is 1.44. The number of hydrogen-bond donors (Lipinski definition) is 1. The second-order valence-corrected chi connectivity index (χ2v) is 3.18. The molecule has 80 valence electrons. The molecule has 0 fully saturated rings. The molecule has 0 aliphatic carbocycles. The van der Waals surface area contributed by atoms with Gasteiger partial charge in [-0.25, -0.2) is 0 Å². The Morgan fingerprint density at radius 2 is 1.53 bits per heavy atom. The van der Waals surface area contributed by atoms with Gasteiger partial charge >= 0.3 is 17.1 Å². The second kappa shape index (κ2) is 4.92. The van der Waals surface area contributed by atoms with Crippen molar-refractivity contribution in [3.05, 3.63) is 61.0 Å². The van der Waals surface area contributed by atoms with Crippen LogP contribution < -0.4 is 0 Å². The van der Waals surface area contributed by atoms with Gasteiger partial charge in [0.2, 0.25) is 0 Å². The van der Waals surface area contributed by atoms with Gasteiger partial charge in [0.05, 0.1) is 0 Å². The molecule has 0 spiro atoms. The Hall–Kier alpha value is -1.37. The zero-order valence-corrected chi connectivity index (χ0v) is 9.02. The monoisotopic (exact) mass is 246 g/mol. The summed E-state index contributed by atoms with van der Waals surface area (Å²) in [4.78, 5) is 0. The van der Waals surface area contributed by atoms with Gasteiger partial charge in [-0.15, -0.1) is 6.07 Å². The number of hydrogen-bond acceptors (Lipinski definition) is 1. The van der Waals surface area contributed by atoms with E-state index in [1.165, 1.54) is 0 Å². The first-order valence-corrected chi connectivity index (χ1v) is 4.48. The SMILES string of the molecule is [CH2-]c1cccc(-c2ccccc2)c1O.[Cu+]. The molecule has 0 atom stereocenters. The molecule has 1 N–H and O–H groups in total. The molecule has 0 bridgehead atoms. The number of phenolic OH excluding ortho intramolecular Hbond substituents is 1. The van der Waals surface area contributed by atoms with Gasteiger partial charge in [-0.05, 0) is 11.1 Å². The maximum Gasteiger partial charge on any atom is 1.00 e. The average Bonchev–Trinajstić information content (AvgIpc) is 2.23. The van der Waals surface area contributed by atoms with E-state index < -0.39 is 0 Å². The number of para-hydroxylation sites is 1. The molecule has 0 saturated heterocycles. The quantitative estimate of drug-likeness (QED) is 0.605. The van der Waals surface area contributed by atoms with E-state index in [2.05, 4.69) is 6.92 Å². The number of phenols is 1. The molecule has 2 aromatic rings. The minimum Gasteiger partial charge on any atom is -0.565 e. The predicted octanol–water partition coefficient (Wildman–Crippen LogP) is 3.24. The van der Waals surface area contributed by atoms with E-state index in [-0.39, 0.29) is 22.8 Å². The molecule has 0 heterocycles. The number of aromatic hydroxyl groups is 1. The largest absolute Gasteiger partial charge is 1.00 e. The minimum absolute atomic E-state index is 0. The Labute approximate surface area is 100 Å². The molecule has 2 heteroatoms. The summed E-state index contributed by atoms with van der Waals surface area (Å²) in [5.74, 6) is 0.263. The maximum absolute atomic E-state index is 9.79. The van der Waals surface area contributed by atoms with Crippen LogP contribution in [0.1, 0.15) is 5.56 Å². The van der Waals surface area contributed by atoms with Crippen molar-refractivity contribution >= 4 is 0 Å². The van der Waals surface area contributed by atoms with E-state index in [9.17, 15) is 5.11 Å². The molecular weight excluding hydrogens is 236 g/mol. The molecule has 2 aromatic carbocycles. The van der Waals surface area contributed by atoms with Gasteiger partial charge in [-0.2, -0.15) is 18.6 Å². The fourth-order valence-corrected chi connectivity index (χ4v) is 1.44. The first kappa shape index (κ1) is 11.7. The van der Waals surface area contributed by atoms with Gasteiger partial charge in [0.25, 0.3) is 0 Å².